The molecule has 0 unspecified atom stereocenters. The molecular weight excluding hydrogens is 236 g/mol. The number of hydrogen-bond donors (Lipinski definition) is 0. The maximum absolute atomic E-state index is 12.2. The number of nitrogens with zero attached hydrogens (tertiary/aromatic N) is 2. The maximum Gasteiger partial charge on any atom is 0.258 e. The van der Waals surface area contributed by atoms with Crippen LogP contribution < -0.4 is 4.90 Å². The molecule has 0 saturated heterocycles. The fraction of sp³-hybridized carbons (Fsp3) is 0.250. The minimum absolute atomic E-state index is 0.0413. The van der Waals surface area contributed by atoms with E-state index < -0.39 is 0 Å². The van der Waals surface area contributed by atoms with Gasteiger partial charge in [0.1, 0.15) is 0 Å². The van der Waals surface area contributed by atoms with Crippen LogP contribution in [0.2, 0.25) is 0 Å². The Morgan fingerprint density at radius 2 is 2.05 bits per heavy atom. The zero-order valence-corrected chi connectivity index (χ0v) is 10.6. The van der Waals surface area contributed by atoms with Crippen molar-refractivity contribution in [3.63, 3.8) is 0 Å². The van der Waals surface area contributed by atoms with Crippen molar-refractivity contribution >= 4 is 22.4 Å². The highest BCUT2D eigenvalue weighted by atomic mass is 16.2. The van der Waals surface area contributed by atoms with Gasteiger partial charge in [-0.1, -0.05) is 18.2 Å². The van der Waals surface area contributed by atoms with Crippen molar-refractivity contribution in [3.8, 4) is 6.07 Å². The van der Waals surface area contributed by atoms with Crippen LogP contribution in [0.4, 0.5) is 5.69 Å². The van der Waals surface area contributed by atoms with Crippen molar-refractivity contribution in [1.29, 1.82) is 5.26 Å². The average molecular weight is 248 g/mol. The Hall–Kier alpha value is -2.34. The normalized spacial score (nSPS) is 18.7. The molecule has 1 aliphatic carbocycles. The quantitative estimate of drug-likeness (QED) is 0.778. The fourth-order valence-electron chi connectivity index (χ4n) is 3.12. The number of nitriles is 1. The summed E-state index contributed by atoms with van der Waals surface area (Å²) in [4.78, 5) is 13.9. The van der Waals surface area contributed by atoms with Crippen LogP contribution in [0.25, 0.3) is 10.8 Å². The molecule has 1 aliphatic heterocycles. The van der Waals surface area contributed by atoms with Gasteiger partial charge in [0.2, 0.25) is 0 Å². The first-order valence-electron chi connectivity index (χ1n) is 6.43. The van der Waals surface area contributed by atoms with E-state index in [9.17, 15) is 10.1 Å². The van der Waals surface area contributed by atoms with Gasteiger partial charge in [0.25, 0.3) is 5.91 Å². The first-order valence-corrected chi connectivity index (χ1v) is 6.43. The second-order valence-corrected chi connectivity index (χ2v) is 5.42. The van der Waals surface area contributed by atoms with E-state index in [2.05, 4.69) is 6.07 Å². The predicted molar refractivity (Wildman–Crippen MR) is 73.2 cm³/mol. The van der Waals surface area contributed by atoms with Gasteiger partial charge in [0, 0.05) is 18.0 Å². The van der Waals surface area contributed by atoms with Gasteiger partial charge in [0.05, 0.1) is 17.2 Å². The van der Waals surface area contributed by atoms with Gasteiger partial charge >= 0.3 is 0 Å². The van der Waals surface area contributed by atoms with Crippen LogP contribution >= 0.6 is 0 Å². The Morgan fingerprint density at radius 1 is 1.26 bits per heavy atom. The minimum atomic E-state index is -0.318. The van der Waals surface area contributed by atoms with Crippen molar-refractivity contribution < 1.29 is 4.79 Å². The summed E-state index contributed by atoms with van der Waals surface area (Å²) in [7, 11) is 1.80. The zero-order chi connectivity index (χ0) is 13.2. The lowest BCUT2D eigenvalue weighted by atomic mass is 9.90. The molecule has 1 amide bonds. The van der Waals surface area contributed by atoms with Crippen LogP contribution in [0, 0.1) is 11.3 Å². The molecule has 0 aromatic heterocycles. The highest BCUT2D eigenvalue weighted by Crippen LogP contribution is 2.51. The minimum Gasteiger partial charge on any atom is -0.311 e. The van der Waals surface area contributed by atoms with E-state index in [0.29, 0.717) is 0 Å². The Kier molecular flexibility index (Phi) is 1.76. The Morgan fingerprint density at radius 3 is 2.74 bits per heavy atom. The second-order valence-electron chi connectivity index (χ2n) is 5.42. The predicted octanol–water partition coefficient (Wildman–Crippen LogP) is 2.98. The smallest absolute Gasteiger partial charge is 0.258 e. The van der Waals surface area contributed by atoms with E-state index in [1.165, 1.54) is 0 Å². The number of hydrogen-bond acceptors (Lipinski definition) is 2. The molecule has 2 aliphatic rings. The van der Waals surface area contributed by atoms with Gasteiger partial charge in [-0.25, -0.2) is 0 Å². The van der Waals surface area contributed by atoms with Crippen molar-refractivity contribution in [1.82, 2.24) is 0 Å². The topological polar surface area (TPSA) is 44.1 Å². The molecule has 0 radical (unpaired) electrons. The third-order valence-electron chi connectivity index (χ3n) is 4.39. The summed E-state index contributed by atoms with van der Waals surface area (Å²) >= 11 is 0. The summed E-state index contributed by atoms with van der Waals surface area (Å²) in [5.41, 5.74) is 2.47. The lowest BCUT2D eigenvalue weighted by Crippen LogP contribution is -2.20. The van der Waals surface area contributed by atoms with E-state index in [4.69, 9.17) is 0 Å². The van der Waals surface area contributed by atoms with E-state index >= 15 is 0 Å². The summed E-state index contributed by atoms with van der Waals surface area (Å²) in [5, 5.41) is 11.5. The lowest BCUT2D eigenvalue weighted by Gasteiger charge is -2.13. The van der Waals surface area contributed by atoms with E-state index in [-0.39, 0.29) is 11.3 Å². The van der Waals surface area contributed by atoms with Gasteiger partial charge in [-0.2, -0.15) is 5.26 Å². The number of carbonyl (C=O) groups is 1. The van der Waals surface area contributed by atoms with E-state index in [1.54, 1.807) is 11.9 Å². The van der Waals surface area contributed by atoms with Crippen LogP contribution in [0.3, 0.4) is 0 Å². The zero-order valence-electron chi connectivity index (χ0n) is 10.6. The van der Waals surface area contributed by atoms with Gasteiger partial charge in [-0.15, -0.1) is 0 Å². The van der Waals surface area contributed by atoms with Crippen LogP contribution in [0.5, 0.6) is 0 Å². The average Bonchev–Trinajstić information content (AvgIpc) is 3.20. The lowest BCUT2D eigenvalue weighted by molar-refractivity contribution is 0.0999. The van der Waals surface area contributed by atoms with Gasteiger partial charge < -0.3 is 4.90 Å². The molecular formula is C16H12N2O. The SMILES string of the molecule is CN1C(=O)c2cccc3c(C4(C#N)CC4)ccc1c23. The van der Waals surface area contributed by atoms with Crippen LogP contribution in [-0.4, -0.2) is 13.0 Å². The summed E-state index contributed by atoms with van der Waals surface area (Å²) in [6.45, 7) is 0. The van der Waals surface area contributed by atoms with Gasteiger partial charge in [-0.3, -0.25) is 4.79 Å². The number of carbonyl (C=O) groups excluding carboxylic acids is 1. The van der Waals surface area contributed by atoms with Crippen molar-refractivity contribution in [2.75, 3.05) is 11.9 Å². The highest BCUT2D eigenvalue weighted by molar-refractivity contribution is 6.25. The molecule has 1 saturated carbocycles. The first-order chi connectivity index (χ1) is 9.18. The van der Waals surface area contributed by atoms with Crippen molar-refractivity contribution in [2.45, 2.75) is 18.3 Å². The molecule has 0 spiro atoms. The van der Waals surface area contributed by atoms with Crippen molar-refractivity contribution in [3.05, 3.63) is 41.5 Å². The Bertz CT molecular complexity index is 781. The third-order valence-corrected chi connectivity index (χ3v) is 4.39. The number of benzene rings is 2. The van der Waals surface area contributed by atoms with E-state index in [0.717, 1.165) is 40.4 Å². The fourth-order valence-corrected chi connectivity index (χ4v) is 3.12. The Labute approximate surface area is 111 Å². The highest BCUT2D eigenvalue weighted by Gasteiger charge is 2.46. The number of anilines is 1. The van der Waals surface area contributed by atoms with Crippen LogP contribution in [-0.2, 0) is 5.41 Å². The maximum atomic E-state index is 12.2. The van der Waals surface area contributed by atoms with Crippen molar-refractivity contribution in [2.24, 2.45) is 0 Å². The van der Waals surface area contributed by atoms with Crippen LogP contribution in [0.1, 0.15) is 28.8 Å². The van der Waals surface area contributed by atoms with E-state index in [1.807, 2.05) is 30.3 Å². The Balaban J connectivity index is 2.13. The molecule has 1 heterocycles. The number of rotatable bonds is 1. The molecule has 4 rings (SSSR count). The molecule has 92 valence electrons. The standard InChI is InChI=1S/C16H12N2O/c1-18-13-6-5-12(16(9-17)7-8-16)10-3-2-4-11(14(10)13)15(18)19/h2-6H,7-8H2,1H3. The monoisotopic (exact) mass is 248 g/mol. The summed E-state index contributed by atoms with van der Waals surface area (Å²) < 4.78 is 0. The third kappa shape index (κ3) is 1.14. The molecule has 0 atom stereocenters. The molecule has 1 fully saturated rings. The summed E-state index contributed by atoms with van der Waals surface area (Å²) in [6.07, 6.45) is 1.85. The molecule has 3 heteroatoms. The molecule has 3 nitrogen and oxygen atoms in total. The van der Waals surface area contributed by atoms with Gasteiger partial charge in [0.15, 0.2) is 0 Å². The summed E-state index contributed by atoms with van der Waals surface area (Å²) in [5.74, 6) is 0.0413. The van der Waals surface area contributed by atoms with Crippen LogP contribution in [0.15, 0.2) is 30.3 Å². The molecule has 2 aromatic rings. The summed E-state index contributed by atoms with van der Waals surface area (Å²) in [6, 6.07) is 12.3. The molecule has 19 heavy (non-hydrogen) atoms. The molecule has 0 bridgehead atoms. The molecule has 2 aromatic carbocycles. The second kappa shape index (κ2) is 3.16. The number of amides is 1. The van der Waals surface area contributed by atoms with Gasteiger partial charge in [-0.05, 0) is 35.9 Å². The molecule has 0 N–H and O–H groups in total. The first kappa shape index (κ1) is 10.6. The largest absolute Gasteiger partial charge is 0.311 e.